The zero-order chi connectivity index (χ0) is 51.6. The molecule has 0 fully saturated rings. The van der Waals surface area contributed by atoms with Crippen LogP contribution in [0.2, 0.25) is 0 Å². The molecule has 0 radical (unpaired) electrons. The van der Waals surface area contributed by atoms with Crippen LogP contribution in [0, 0.1) is 13.8 Å². The van der Waals surface area contributed by atoms with E-state index >= 15 is 0 Å². The molecule has 2 aromatic heterocycles. The van der Waals surface area contributed by atoms with Crippen molar-refractivity contribution in [3.63, 3.8) is 0 Å². The SMILES string of the molecule is CCCCCCCCCCCCc1c2sc(-c3ccc(N(c4ccc(C)cc4)c4cccc(-c5ccccc5)c4)cc3)c(-c3ccccc3)c2c(CCCCCCCCCCCC)c2sc(C)c(-c3ccccc3)c12. The number of nitrogens with zero attached hydrogens (tertiary/aromatic N) is 1. The van der Waals surface area contributed by atoms with Gasteiger partial charge >= 0.3 is 0 Å². The maximum absolute atomic E-state index is 2.43. The molecule has 2 heterocycles. The summed E-state index contributed by atoms with van der Waals surface area (Å²) < 4.78 is 3.06. The highest BCUT2D eigenvalue weighted by Gasteiger charge is 2.27. The van der Waals surface area contributed by atoms with Crippen LogP contribution in [0.3, 0.4) is 0 Å². The number of hydrogen-bond acceptors (Lipinski definition) is 3. The van der Waals surface area contributed by atoms with Crippen molar-refractivity contribution in [2.45, 2.75) is 169 Å². The monoisotopic (exact) mass is 1030 g/mol. The van der Waals surface area contributed by atoms with Gasteiger partial charge < -0.3 is 4.90 Å². The van der Waals surface area contributed by atoms with Crippen LogP contribution in [0.1, 0.15) is 164 Å². The number of unbranched alkanes of at least 4 members (excludes halogenated alkanes) is 18. The third-order valence-electron chi connectivity index (χ3n) is 15.7. The van der Waals surface area contributed by atoms with Crippen LogP contribution in [0.15, 0.2) is 164 Å². The molecule has 3 heteroatoms. The van der Waals surface area contributed by atoms with Gasteiger partial charge in [0.1, 0.15) is 0 Å². The number of aryl methyl sites for hydroxylation is 4. The van der Waals surface area contributed by atoms with E-state index in [2.05, 4.69) is 219 Å². The van der Waals surface area contributed by atoms with Crippen molar-refractivity contribution in [2.75, 3.05) is 4.90 Å². The van der Waals surface area contributed by atoms with Crippen LogP contribution in [-0.4, -0.2) is 0 Å². The summed E-state index contributed by atoms with van der Waals surface area (Å²) >= 11 is 4.16. The first kappa shape index (κ1) is 54.1. The molecule has 0 saturated heterocycles. The van der Waals surface area contributed by atoms with E-state index < -0.39 is 0 Å². The van der Waals surface area contributed by atoms with Gasteiger partial charge in [-0.2, -0.15) is 0 Å². The van der Waals surface area contributed by atoms with Gasteiger partial charge in [0.05, 0.1) is 0 Å². The zero-order valence-electron chi connectivity index (χ0n) is 45.9. The Kier molecular flexibility index (Phi) is 20.1. The minimum absolute atomic E-state index is 1.11. The average molecular weight is 1030 g/mol. The first-order chi connectivity index (χ1) is 37.0. The van der Waals surface area contributed by atoms with Gasteiger partial charge in [0.25, 0.3) is 0 Å². The lowest BCUT2D eigenvalue weighted by atomic mass is 9.88. The lowest BCUT2D eigenvalue weighted by molar-refractivity contribution is 0.556. The first-order valence-electron chi connectivity index (χ1n) is 29.3. The third-order valence-corrected chi connectivity index (χ3v) is 18.2. The second-order valence-electron chi connectivity index (χ2n) is 21.4. The molecule has 1 nitrogen and oxygen atoms in total. The Bertz CT molecular complexity index is 3100. The number of hydrogen-bond donors (Lipinski definition) is 0. The van der Waals surface area contributed by atoms with Gasteiger partial charge in [-0.05, 0) is 115 Å². The molecule has 388 valence electrons. The van der Waals surface area contributed by atoms with Crippen molar-refractivity contribution in [1.29, 1.82) is 0 Å². The zero-order valence-corrected chi connectivity index (χ0v) is 47.5. The highest BCUT2D eigenvalue weighted by molar-refractivity contribution is 7.24. The quantitative estimate of drug-likeness (QED) is 0.0423. The van der Waals surface area contributed by atoms with Crippen molar-refractivity contribution < 1.29 is 0 Å². The topological polar surface area (TPSA) is 3.24 Å². The maximum atomic E-state index is 2.43. The highest BCUT2D eigenvalue weighted by atomic mass is 32.1. The largest absolute Gasteiger partial charge is 0.310 e. The lowest BCUT2D eigenvalue weighted by Crippen LogP contribution is -2.10. The molecule has 0 amide bonds. The molecular weight excluding hydrogens is 943 g/mol. The van der Waals surface area contributed by atoms with Gasteiger partial charge in [-0.1, -0.05) is 262 Å². The molecule has 0 spiro atoms. The van der Waals surface area contributed by atoms with E-state index in [4.69, 9.17) is 0 Å². The molecule has 9 aromatic rings. The fourth-order valence-electron chi connectivity index (χ4n) is 11.7. The van der Waals surface area contributed by atoms with E-state index in [1.165, 1.54) is 193 Å². The first-order valence-corrected chi connectivity index (χ1v) is 30.9. The predicted molar refractivity (Wildman–Crippen MR) is 334 cm³/mol. The molecule has 0 unspecified atom stereocenters. The Morgan fingerprint density at radius 1 is 0.333 bits per heavy atom. The van der Waals surface area contributed by atoms with Crippen LogP contribution in [0.25, 0.3) is 64.0 Å². The second-order valence-corrected chi connectivity index (χ2v) is 23.7. The summed E-state index contributed by atoms with van der Waals surface area (Å²) in [6.07, 6.45) is 29.2. The van der Waals surface area contributed by atoms with Crippen molar-refractivity contribution in [2.24, 2.45) is 0 Å². The van der Waals surface area contributed by atoms with Crippen LogP contribution in [0.5, 0.6) is 0 Å². The summed E-state index contributed by atoms with van der Waals surface area (Å²) in [5.74, 6) is 0. The smallest absolute Gasteiger partial charge is 0.0467 e. The Morgan fingerprint density at radius 3 is 1.25 bits per heavy atom. The predicted octanol–water partition coefficient (Wildman–Crippen LogP) is 23.8. The summed E-state index contributed by atoms with van der Waals surface area (Å²) in [7, 11) is 0. The molecule has 0 aliphatic rings. The molecule has 0 aliphatic carbocycles. The molecular formula is C72H83NS2. The van der Waals surface area contributed by atoms with Gasteiger partial charge in [0.2, 0.25) is 0 Å². The van der Waals surface area contributed by atoms with Crippen molar-refractivity contribution in [3.8, 4) is 43.8 Å². The van der Waals surface area contributed by atoms with Crippen LogP contribution in [0.4, 0.5) is 17.1 Å². The normalized spacial score (nSPS) is 11.6. The fraction of sp³-hybridized carbons (Fsp3) is 0.361. The number of fused-ring (bicyclic) bond motifs is 2. The number of anilines is 3. The van der Waals surface area contributed by atoms with Crippen LogP contribution < -0.4 is 4.90 Å². The maximum Gasteiger partial charge on any atom is 0.0467 e. The molecule has 0 aliphatic heterocycles. The van der Waals surface area contributed by atoms with E-state index in [9.17, 15) is 0 Å². The van der Waals surface area contributed by atoms with Crippen LogP contribution >= 0.6 is 22.7 Å². The molecule has 9 rings (SSSR count). The molecule has 0 saturated carbocycles. The van der Waals surface area contributed by atoms with Gasteiger partial charge in [0.15, 0.2) is 0 Å². The van der Waals surface area contributed by atoms with E-state index in [1.54, 1.807) is 21.2 Å². The van der Waals surface area contributed by atoms with E-state index in [-0.39, 0.29) is 0 Å². The van der Waals surface area contributed by atoms with Gasteiger partial charge in [-0.25, -0.2) is 0 Å². The van der Waals surface area contributed by atoms with Gasteiger partial charge in [-0.15, -0.1) is 22.7 Å². The second kappa shape index (κ2) is 27.9. The number of rotatable bonds is 29. The minimum atomic E-state index is 1.11. The van der Waals surface area contributed by atoms with Gasteiger partial charge in [-0.3, -0.25) is 0 Å². The van der Waals surface area contributed by atoms with E-state index in [1.807, 2.05) is 0 Å². The molecule has 0 bridgehead atoms. The van der Waals surface area contributed by atoms with Crippen molar-refractivity contribution >= 4 is 59.9 Å². The minimum Gasteiger partial charge on any atom is -0.310 e. The Labute approximate surface area is 460 Å². The number of benzene rings is 7. The van der Waals surface area contributed by atoms with Crippen LogP contribution in [-0.2, 0) is 12.8 Å². The van der Waals surface area contributed by atoms with Gasteiger partial charge in [0, 0.05) is 58.1 Å². The summed E-state index contributed by atoms with van der Waals surface area (Å²) in [5, 5.41) is 3.07. The molecule has 75 heavy (non-hydrogen) atoms. The molecule has 0 atom stereocenters. The standard InChI is InChI=1S/C72H83NS2/c1-5-7-9-11-13-15-17-19-21-32-43-64-68-66(57-37-28-24-29-38-57)55(4)74-71(68)65(44-33-22-20-18-16-14-12-10-8-6-2)69-67(58-39-30-25-31-40-58)70(75-72(64)69)59-47-51-62(52-48-59)73(61-49-45-54(3)46-50-61)63-42-34-41-60(53-63)56-35-26-23-27-36-56/h23-31,34-42,45-53H,5-22,32-33,43-44H2,1-4H3. The van der Waals surface area contributed by atoms with E-state index in [0.717, 1.165) is 29.9 Å². The summed E-state index contributed by atoms with van der Waals surface area (Å²) in [6, 6.07) is 61.2. The highest BCUT2D eigenvalue weighted by Crippen LogP contribution is 2.54. The lowest BCUT2D eigenvalue weighted by Gasteiger charge is -2.26. The summed E-state index contributed by atoms with van der Waals surface area (Å²) in [6.45, 7) is 9.21. The van der Waals surface area contributed by atoms with E-state index in [0.29, 0.717) is 0 Å². The van der Waals surface area contributed by atoms with Crippen molar-refractivity contribution in [3.05, 3.63) is 185 Å². The fourth-order valence-corrected chi connectivity index (χ4v) is 14.4. The third kappa shape index (κ3) is 13.6. The average Bonchev–Trinajstić information content (AvgIpc) is 4.07. The Morgan fingerprint density at radius 2 is 0.747 bits per heavy atom. The Hall–Kier alpha value is -5.74. The summed E-state index contributed by atoms with van der Waals surface area (Å²) in [4.78, 5) is 5.27. The Balaban J connectivity index is 1.15. The summed E-state index contributed by atoms with van der Waals surface area (Å²) in [5.41, 5.74) is 17.2. The van der Waals surface area contributed by atoms with Crippen molar-refractivity contribution in [1.82, 2.24) is 0 Å². The molecule has 7 aromatic carbocycles. The number of thiophene rings is 2. The molecule has 0 N–H and O–H groups in total.